The zero-order valence-electron chi connectivity index (χ0n) is 17.0. The average Bonchev–Trinajstić information content (AvgIpc) is 3.36. The number of rotatable bonds is 4. The summed E-state index contributed by atoms with van der Waals surface area (Å²) in [7, 11) is 0. The van der Waals surface area contributed by atoms with Crippen LogP contribution >= 0.6 is 0 Å². The molecule has 1 aromatic heterocycles. The van der Waals surface area contributed by atoms with E-state index in [2.05, 4.69) is 45.1 Å². The maximum atomic E-state index is 12.5. The van der Waals surface area contributed by atoms with E-state index >= 15 is 0 Å². The highest BCUT2D eigenvalue weighted by atomic mass is 16.5. The fourth-order valence-corrected chi connectivity index (χ4v) is 5.49. The van der Waals surface area contributed by atoms with Crippen LogP contribution in [0.4, 0.5) is 11.8 Å². The zero-order valence-corrected chi connectivity index (χ0v) is 17.0. The smallest absolute Gasteiger partial charge is 0.254 e. The van der Waals surface area contributed by atoms with Gasteiger partial charge in [0.05, 0.1) is 13.2 Å². The van der Waals surface area contributed by atoms with Crippen molar-refractivity contribution in [2.24, 2.45) is 5.41 Å². The highest BCUT2D eigenvalue weighted by molar-refractivity contribution is 5.46. The predicted molar refractivity (Wildman–Crippen MR) is 115 cm³/mol. The maximum Gasteiger partial charge on any atom is 0.254 e. The Morgan fingerprint density at radius 2 is 1.90 bits per heavy atom. The second-order valence-electron chi connectivity index (χ2n) is 8.91. The molecule has 0 radical (unpaired) electrons. The molecule has 6 heteroatoms. The molecule has 1 atom stereocenters. The summed E-state index contributed by atoms with van der Waals surface area (Å²) in [5.74, 6) is 1.52. The number of morpholine rings is 1. The lowest BCUT2D eigenvalue weighted by Crippen LogP contribution is -2.39. The van der Waals surface area contributed by atoms with Gasteiger partial charge in [-0.3, -0.25) is 9.78 Å². The minimum absolute atomic E-state index is 0.0673. The second-order valence-corrected chi connectivity index (χ2v) is 8.91. The first kappa shape index (κ1) is 18.7. The first-order valence-corrected chi connectivity index (χ1v) is 11.0. The molecule has 154 valence electrons. The Hall–Kier alpha value is -2.34. The molecule has 3 heterocycles. The maximum absolute atomic E-state index is 12.5. The third-order valence-corrected chi connectivity index (χ3v) is 6.92. The number of nitrogens with one attached hydrogen (secondary N) is 1. The summed E-state index contributed by atoms with van der Waals surface area (Å²) in [6, 6.07) is 12.7. The number of nitrogens with zero attached hydrogens (tertiary/aromatic N) is 3. The van der Waals surface area contributed by atoms with Gasteiger partial charge >= 0.3 is 0 Å². The standard InChI is InChI=1S/C23H30N4O2/c28-21-15-20(26-10-12-29-13-11-26)24-22(25-21)27-17-23(8-4-5-9-23)16-19(27)14-18-6-2-1-3-7-18/h1-3,6-7,15,19H,4-5,8-14,16-17H2,(H,24,25,28)/t19-/m0/s1. The van der Waals surface area contributed by atoms with Crippen molar-refractivity contribution in [1.82, 2.24) is 9.97 Å². The number of ether oxygens (including phenoxy) is 1. The van der Waals surface area contributed by atoms with Crippen LogP contribution in [0.3, 0.4) is 0 Å². The quantitative estimate of drug-likeness (QED) is 0.864. The summed E-state index contributed by atoms with van der Waals surface area (Å²) in [5, 5.41) is 0. The number of aromatic amines is 1. The van der Waals surface area contributed by atoms with Crippen molar-refractivity contribution in [3.05, 3.63) is 52.3 Å². The van der Waals surface area contributed by atoms with Gasteiger partial charge in [-0.25, -0.2) is 0 Å². The minimum Gasteiger partial charge on any atom is -0.378 e. The number of H-pyrrole nitrogens is 1. The van der Waals surface area contributed by atoms with Crippen LogP contribution < -0.4 is 15.4 Å². The van der Waals surface area contributed by atoms with E-state index < -0.39 is 0 Å². The Morgan fingerprint density at radius 1 is 1.14 bits per heavy atom. The van der Waals surface area contributed by atoms with Crippen molar-refractivity contribution in [3.63, 3.8) is 0 Å². The third kappa shape index (κ3) is 3.90. The molecule has 29 heavy (non-hydrogen) atoms. The molecule has 0 bridgehead atoms. The molecule has 0 unspecified atom stereocenters. The van der Waals surface area contributed by atoms with Gasteiger partial charge in [0.25, 0.3) is 5.56 Å². The van der Waals surface area contributed by atoms with E-state index in [1.165, 1.54) is 37.7 Å². The summed E-state index contributed by atoms with van der Waals surface area (Å²) in [4.78, 5) is 25.0. The van der Waals surface area contributed by atoms with E-state index in [4.69, 9.17) is 9.72 Å². The Kier molecular flexibility index (Phi) is 5.04. The number of benzene rings is 1. The fourth-order valence-electron chi connectivity index (χ4n) is 5.49. The van der Waals surface area contributed by atoms with Gasteiger partial charge in [0.15, 0.2) is 0 Å². The van der Waals surface area contributed by atoms with E-state index in [1.54, 1.807) is 6.07 Å². The Bertz CT molecular complexity index is 885. The summed E-state index contributed by atoms with van der Waals surface area (Å²) in [5.41, 5.74) is 1.67. The topological polar surface area (TPSA) is 61.5 Å². The van der Waals surface area contributed by atoms with E-state index in [9.17, 15) is 4.79 Å². The molecule has 1 spiro atoms. The summed E-state index contributed by atoms with van der Waals surface area (Å²) < 4.78 is 5.46. The van der Waals surface area contributed by atoms with Crippen molar-refractivity contribution in [1.29, 1.82) is 0 Å². The first-order valence-electron chi connectivity index (χ1n) is 11.0. The van der Waals surface area contributed by atoms with Gasteiger partial charge in [-0.15, -0.1) is 0 Å². The monoisotopic (exact) mass is 394 g/mol. The van der Waals surface area contributed by atoms with Crippen LogP contribution in [-0.4, -0.2) is 48.9 Å². The van der Waals surface area contributed by atoms with Gasteiger partial charge in [-0.1, -0.05) is 43.2 Å². The zero-order chi connectivity index (χ0) is 19.7. The van der Waals surface area contributed by atoms with Gasteiger partial charge in [0.1, 0.15) is 5.82 Å². The molecule has 1 saturated carbocycles. The van der Waals surface area contributed by atoms with Crippen LogP contribution in [0.15, 0.2) is 41.2 Å². The van der Waals surface area contributed by atoms with Crippen LogP contribution in [0.2, 0.25) is 0 Å². The lowest BCUT2D eigenvalue weighted by Gasteiger charge is -2.30. The lowest BCUT2D eigenvalue weighted by atomic mass is 9.83. The first-order chi connectivity index (χ1) is 14.2. The molecule has 0 amide bonds. The lowest BCUT2D eigenvalue weighted by molar-refractivity contribution is 0.122. The highest BCUT2D eigenvalue weighted by Crippen LogP contribution is 2.49. The van der Waals surface area contributed by atoms with E-state index in [1.807, 2.05) is 0 Å². The number of anilines is 2. The number of aromatic nitrogens is 2. The van der Waals surface area contributed by atoms with E-state index in [0.717, 1.165) is 37.8 Å². The number of hydrogen-bond acceptors (Lipinski definition) is 5. The molecule has 3 fully saturated rings. The summed E-state index contributed by atoms with van der Waals surface area (Å²) in [6.45, 7) is 3.95. The van der Waals surface area contributed by atoms with Crippen molar-refractivity contribution in [2.75, 3.05) is 42.6 Å². The van der Waals surface area contributed by atoms with Crippen molar-refractivity contribution < 1.29 is 4.74 Å². The molecule has 2 aromatic rings. The molecule has 1 N–H and O–H groups in total. The predicted octanol–water partition coefficient (Wildman–Crippen LogP) is 2.99. The summed E-state index contributed by atoms with van der Waals surface area (Å²) >= 11 is 0. The molecule has 6 nitrogen and oxygen atoms in total. The molecule has 2 aliphatic heterocycles. The van der Waals surface area contributed by atoms with Gasteiger partial charge in [0.2, 0.25) is 5.95 Å². The van der Waals surface area contributed by atoms with Crippen LogP contribution in [-0.2, 0) is 11.2 Å². The van der Waals surface area contributed by atoms with Crippen LogP contribution in [0.25, 0.3) is 0 Å². The Balaban J connectivity index is 1.46. The Morgan fingerprint density at radius 3 is 2.66 bits per heavy atom. The van der Waals surface area contributed by atoms with Crippen LogP contribution in [0.5, 0.6) is 0 Å². The van der Waals surface area contributed by atoms with Gasteiger partial charge in [0, 0.05) is 31.7 Å². The van der Waals surface area contributed by atoms with Gasteiger partial charge < -0.3 is 14.5 Å². The van der Waals surface area contributed by atoms with E-state index in [-0.39, 0.29) is 5.56 Å². The Labute approximate surface area is 171 Å². The van der Waals surface area contributed by atoms with Crippen molar-refractivity contribution in [3.8, 4) is 0 Å². The van der Waals surface area contributed by atoms with Crippen LogP contribution in [0, 0.1) is 5.41 Å². The van der Waals surface area contributed by atoms with Gasteiger partial charge in [-0.2, -0.15) is 4.98 Å². The van der Waals surface area contributed by atoms with Crippen molar-refractivity contribution >= 4 is 11.8 Å². The molecule has 2 saturated heterocycles. The molecule has 1 aromatic carbocycles. The highest BCUT2D eigenvalue weighted by Gasteiger charge is 2.46. The average molecular weight is 395 g/mol. The minimum atomic E-state index is -0.0673. The normalized spacial score (nSPS) is 23.8. The largest absolute Gasteiger partial charge is 0.378 e. The van der Waals surface area contributed by atoms with Crippen LogP contribution in [0.1, 0.15) is 37.7 Å². The number of hydrogen-bond donors (Lipinski definition) is 1. The van der Waals surface area contributed by atoms with Gasteiger partial charge in [-0.05, 0) is 36.7 Å². The van der Waals surface area contributed by atoms with E-state index in [0.29, 0.717) is 24.7 Å². The second kappa shape index (κ2) is 7.82. The molecular formula is C23H30N4O2. The summed E-state index contributed by atoms with van der Waals surface area (Å²) in [6.07, 6.45) is 7.42. The van der Waals surface area contributed by atoms with Crippen molar-refractivity contribution in [2.45, 2.75) is 44.6 Å². The molecule has 3 aliphatic rings. The molecule has 5 rings (SSSR count). The molecule has 1 aliphatic carbocycles. The third-order valence-electron chi connectivity index (χ3n) is 6.92. The fraction of sp³-hybridized carbons (Fsp3) is 0.565. The SMILES string of the molecule is O=c1cc(N2CCOCC2)nc(N2CC3(CCCC3)C[C@@H]2Cc2ccccc2)[nH]1. The molecular weight excluding hydrogens is 364 g/mol.